The summed E-state index contributed by atoms with van der Waals surface area (Å²) in [6.07, 6.45) is 2.15. The van der Waals surface area contributed by atoms with Crippen LogP contribution >= 0.6 is 0 Å². The van der Waals surface area contributed by atoms with Crippen LogP contribution in [0, 0.1) is 5.92 Å². The lowest BCUT2D eigenvalue weighted by Crippen LogP contribution is -2.47. The molecule has 5 amide bonds. The van der Waals surface area contributed by atoms with Gasteiger partial charge in [-0.3, -0.25) is 9.59 Å². The SMILES string of the molecule is CNC(=O)Nc1ccc2c(c1)CCC21OC(=O)N(CC(=O)N(Cc2ccccc2)[C@@H](C)C2CC2)C1=O. The Morgan fingerprint density at radius 2 is 1.92 bits per heavy atom. The number of rotatable bonds is 7. The summed E-state index contributed by atoms with van der Waals surface area (Å²) >= 11 is 0. The van der Waals surface area contributed by atoms with E-state index < -0.39 is 17.6 Å². The van der Waals surface area contributed by atoms with Crippen LogP contribution in [-0.2, 0) is 32.9 Å². The van der Waals surface area contributed by atoms with Crippen molar-refractivity contribution in [1.82, 2.24) is 15.1 Å². The van der Waals surface area contributed by atoms with E-state index in [0.717, 1.165) is 28.9 Å². The van der Waals surface area contributed by atoms with Crippen molar-refractivity contribution in [2.45, 2.75) is 50.8 Å². The van der Waals surface area contributed by atoms with Crippen LogP contribution in [0.25, 0.3) is 0 Å². The zero-order valence-corrected chi connectivity index (χ0v) is 20.5. The van der Waals surface area contributed by atoms with Gasteiger partial charge >= 0.3 is 12.1 Å². The molecule has 1 spiro atoms. The van der Waals surface area contributed by atoms with E-state index in [2.05, 4.69) is 10.6 Å². The molecule has 188 valence electrons. The smallest absolute Gasteiger partial charge is 0.418 e. The average molecular weight is 491 g/mol. The predicted molar refractivity (Wildman–Crippen MR) is 132 cm³/mol. The molecule has 2 aromatic carbocycles. The quantitative estimate of drug-likeness (QED) is 0.619. The summed E-state index contributed by atoms with van der Waals surface area (Å²) in [5.74, 6) is -0.348. The second-order valence-corrected chi connectivity index (χ2v) is 9.75. The number of nitrogens with one attached hydrogen (secondary N) is 2. The number of fused-ring (bicyclic) bond motifs is 2. The highest BCUT2D eigenvalue weighted by molar-refractivity contribution is 6.06. The highest BCUT2D eigenvalue weighted by Gasteiger charge is 2.58. The molecule has 36 heavy (non-hydrogen) atoms. The standard InChI is InChI=1S/C27H30N4O5/c1-17(19-8-9-19)30(15-18-6-4-3-5-7-18)23(32)16-31-24(33)27(36-26(31)35)13-12-20-14-21(10-11-22(20)27)29-25(34)28-2/h3-7,10-11,14,17,19H,8-9,12-13,15-16H2,1-2H3,(H2,28,29,34)/t17-,27?/m0/s1. The summed E-state index contributed by atoms with van der Waals surface area (Å²) in [7, 11) is 1.52. The number of ether oxygens (including phenoxy) is 1. The largest absolute Gasteiger partial charge is 0.427 e. The van der Waals surface area contributed by atoms with E-state index >= 15 is 0 Å². The minimum absolute atomic E-state index is 0.0128. The lowest BCUT2D eigenvalue weighted by atomic mass is 9.94. The molecular weight excluding hydrogens is 460 g/mol. The van der Waals surface area contributed by atoms with Crippen LogP contribution in [-0.4, -0.2) is 53.4 Å². The van der Waals surface area contributed by atoms with Crippen LogP contribution in [0.2, 0.25) is 0 Å². The number of hydrogen-bond donors (Lipinski definition) is 2. The van der Waals surface area contributed by atoms with Crippen molar-refractivity contribution < 1.29 is 23.9 Å². The molecule has 2 N–H and O–H groups in total. The second-order valence-electron chi connectivity index (χ2n) is 9.75. The molecule has 1 saturated heterocycles. The molecule has 2 aliphatic carbocycles. The normalized spacial score (nSPS) is 21.2. The van der Waals surface area contributed by atoms with Gasteiger partial charge in [0, 0.05) is 37.3 Å². The Labute approximate surface area is 209 Å². The topological polar surface area (TPSA) is 108 Å². The first-order valence-corrected chi connectivity index (χ1v) is 12.3. The first-order valence-electron chi connectivity index (χ1n) is 12.3. The Morgan fingerprint density at radius 1 is 1.17 bits per heavy atom. The molecule has 5 rings (SSSR count). The lowest BCUT2D eigenvalue weighted by Gasteiger charge is -2.30. The fourth-order valence-corrected chi connectivity index (χ4v) is 5.22. The summed E-state index contributed by atoms with van der Waals surface area (Å²) < 4.78 is 5.69. The molecule has 0 radical (unpaired) electrons. The van der Waals surface area contributed by atoms with E-state index in [-0.39, 0.29) is 24.5 Å². The molecule has 1 aliphatic heterocycles. The van der Waals surface area contributed by atoms with E-state index in [0.29, 0.717) is 36.6 Å². The number of urea groups is 1. The van der Waals surface area contributed by atoms with Crippen LogP contribution in [0.5, 0.6) is 0 Å². The molecule has 1 saturated carbocycles. The van der Waals surface area contributed by atoms with Gasteiger partial charge in [-0.25, -0.2) is 14.5 Å². The highest BCUT2D eigenvalue weighted by Crippen LogP contribution is 2.46. The summed E-state index contributed by atoms with van der Waals surface area (Å²) in [6, 6.07) is 14.5. The van der Waals surface area contributed by atoms with Gasteiger partial charge < -0.3 is 20.3 Å². The molecule has 3 aliphatic rings. The first kappa shape index (κ1) is 23.8. The van der Waals surface area contributed by atoms with Gasteiger partial charge in [0.05, 0.1) is 0 Å². The summed E-state index contributed by atoms with van der Waals surface area (Å²) in [6.45, 7) is 2.10. The molecule has 2 aromatic rings. The van der Waals surface area contributed by atoms with E-state index in [1.807, 2.05) is 37.3 Å². The third kappa shape index (κ3) is 4.29. The van der Waals surface area contributed by atoms with E-state index in [9.17, 15) is 19.2 Å². The van der Waals surface area contributed by atoms with Crippen LogP contribution in [0.4, 0.5) is 15.3 Å². The van der Waals surface area contributed by atoms with E-state index in [1.54, 1.807) is 23.1 Å². The van der Waals surface area contributed by atoms with Crippen LogP contribution in [0.3, 0.4) is 0 Å². The average Bonchev–Trinajstić information content (AvgIpc) is 3.63. The number of carbonyl (C=O) groups is 4. The van der Waals surface area contributed by atoms with Crippen molar-refractivity contribution in [2.75, 3.05) is 18.9 Å². The minimum Gasteiger partial charge on any atom is -0.427 e. The number of benzene rings is 2. The molecule has 2 atom stereocenters. The van der Waals surface area contributed by atoms with Crippen molar-refractivity contribution >= 4 is 29.6 Å². The van der Waals surface area contributed by atoms with Crippen LogP contribution in [0.15, 0.2) is 48.5 Å². The first-order chi connectivity index (χ1) is 17.3. The number of nitrogens with zero attached hydrogens (tertiary/aromatic N) is 2. The zero-order chi connectivity index (χ0) is 25.4. The lowest BCUT2D eigenvalue weighted by molar-refractivity contribution is -0.143. The number of hydrogen-bond acceptors (Lipinski definition) is 5. The highest BCUT2D eigenvalue weighted by atomic mass is 16.6. The molecule has 1 unspecified atom stereocenters. The van der Waals surface area contributed by atoms with E-state index in [1.165, 1.54) is 7.05 Å². The third-order valence-electron chi connectivity index (χ3n) is 7.45. The third-order valence-corrected chi connectivity index (χ3v) is 7.45. The molecule has 2 fully saturated rings. The Kier molecular flexibility index (Phi) is 6.15. The maximum absolute atomic E-state index is 13.6. The minimum atomic E-state index is -1.43. The zero-order valence-electron chi connectivity index (χ0n) is 20.5. The number of carbonyl (C=O) groups excluding carboxylic acids is 4. The van der Waals surface area contributed by atoms with Gasteiger partial charge in [-0.1, -0.05) is 36.4 Å². The molecule has 1 heterocycles. The number of imide groups is 1. The maximum atomic E-state index is 13.6. The molecule has 9 nitrogen and oxygen atoms in total. The van der Waals surface area contributed by atoms with Crippen molar-refractivity contribution in [3.8, 4) is 0 Å². The van der Waals surface area contributed by atoms with Crippen LogP contribution < -0.4 is 10.6 Å². The fourth-order valence-electron chi connectivity index (χ4n) is 5.22. The number of aryl methyl sites for hydroxylation is 1. The van der Waals surface area contributed by atoms with Crippen molar-refractivity contribution in [3.63, 3.8) is 0 Å². The van der Waals surface area contributed by atoms with Gasteiger partial charge in [0.1, 0.15) is 6.54 Å². The van der Waals surface area contributed by atoms with E-state index in [4.69, 9.17) is 4.74 Å². The Balaban J connectivity index is 1.35. The monoisotopic (exact) mass is 490 g/mol. The van der Waals surface area contributed by atoms with Gasteiger partial charge in [0.15, 0.2) is 0 Å². The van der Waals surface area contributed by atoms with Crippen LogP contribution in [0.1, 0.15) is 42.9 Å². The molecule has 0 aromatic heterocycles. The number of amides is 5. The summed E-state index contributed by atoms with van der Waals surface area (Å²) in [5.41, 5.74) is 1.58. The van der Waals surface area contributed by atoms with Crippen molar-refractivity contribution in [3.05, 3.63) is 65.2 Å². The van der Waals surface area contributed by atoms with Gasteiger partial charge in [-0.2, -0.15) is 0 Å². The van der Waals surface area contributed by atoms with Crippen molar-refractivity contribution in [2.24, 2.45) is 5.92 Å². The Morgan fingerprint density at radius 3 is 2.61 bits per heavy atom. The summed E-state index contributed by atoms with van der Waals surface area (Å²) in [5, 5.41) is 5.20. The molecular formula is C27H30N4O5. The fraction of sp³-hybridized carbons (Fsp3) is 0.407. The Bertz CT molecular complexity index is 1210. The van der Waals surface area contributed by atoms with Gasteiger partial charge in [-0.05, 0) is 55.4 Å². The van der Waals surface area contributed by atoms with Gasteiger partial charge in [0.2, 0.25) is 11.5 Å². The second kappa shape index (κ2) is 9.29. The summed E-state index contributed by atoms with van der Waals surface area (Å²) in [4.78, 5) is 54.3. The van der Waals surface area contributed by atoms with Gasteiger partial charge in [0.25, 0.3) is 5.91 Å². The maximum Gasteiger partial charge on any atom is 0.418 e. The predicted octanol–water partition coefficient (Wildman–Crippen LogP) is 3.39. The van der Waals surface area contributed by atoms with Crippen molar-refractivity contribution in [1.29, 1.82) is 0 Å². The molecule has 0 bridgehead atoms. The van der Waals surface area contributed by atoms with Gasteiger partial charge in [-0.15, -0.1) is 0 Å². The molecule has 9 heteroatoms. The Hall–Kier alpha value is -3.88. The number of anilines is 1.